The van der Waals surface area contributed by atoms with Crippen LogP contribution in [0.25, 0.3) is 0 Å². The number of carbonyl (C=O) groups is 2. The average molecular weight is 318 g/mol. The Labute approximate surface area is 135 Å². The Morgan fingerprint density at radius 2 is 1.96 bits per heavy atom. The van der Waals surface area contributed by atoms with Crippen LogP contribution in [0.5, 0.6) is 5.75 Å². The van der Waals surface area contributed by atoms with Gasteiger partial charge in [0.2, 0.25) is 0 Å². The monoisotopic (exact) mass is 318 g/mol. The van der Waals surface area contributed by atoms with Crippen LogP contribution >= 0.6 is 0 Å². The second-order valence-corrected chi connectivity index (χ2v) is 5.25. The topological polar surface area (TPSA) is 76.7 Å². The van der Waals surface area contributed by atoms with Gasteiger partial charge in [-0.3, -0.25) is 4.79 Å². The van der Waals surface area contributed by atoms with Gasteiger partial charge in [-0.2, -0.15) is 0 Å². The molecule has 1 fully saturated rings. The number of carbonyl (C=O) groups excluding carboxylic acids is 2. The molecule has 1 saturated heterocycles. The first kappa shape index (κ1) is 16.9. The van der Waals surface area contributed by atoms with Crippen LogP contribution in [0.15, 0.2) is 36.5 Å². The van der Waals surface area contributed by atoms with Crippen molar-refractivity contribution in [1.82, 2.24) is 10.6 Å². The maximum Gasteiger partial charge on any atom is 0.319 e. The second-order valence-electron chi connectivity index (χ2n) is 5.25. The Bertz CT molecular complexity index is 583. The number of benzene rings is 1. The van der Waals surface area contributed by atoms with Crippen LogP contribution in [0, 0.1) is 5.92 Å². The van der Waals surface area contributed by atoms with Gasteiger partial charge in [0.1, 0.15) is 11.7 Å². The van der Waals surface area contributed by atoms with Crippen LogP contribution in [-0.4, -0.2) is 25.2 Å². The summed E-state index contributed by atoms with van der Waals surface area (Å²) in [5.41, 5.74) is 1.13. The van der Waals surface area contributed by atoms with Gasteiger partial charge in [-0.25, -0.2) is 4.79 Å². The van der Waals surface area contributed by atoms with Gasteiger partial charge in [-0.05, 0) is 31.0 Å². The molecule has 2 atom stereocenters. The maximum atomic E-state index is 12.2. The highest BCUT2D eigenvalue weighted by Gasteiger charge is 2.38. The van der Waals surface area contributed by atoms with Crippen LogP contribution in [-0.2, 0) is 9.53 Å². The largest absolute Gasteiger partial charge is 0.494 e. The van der Waals surface area contributed by atoms with E-state index in [0.717, 1.165) is 17.7 Å². The lowest BCUT2D eigenvalue weighted by Crippen LogP contribution is -2.51. The summed E-state index contributed by atoms with van der Waals surface area (Å²) in [6, 6.07) is 6.41. The van der Waals surface area contributed by atoms with E-state index in [1.165, 1.54) is 0 Å². The predicted molar refractivity (Wildman–Crippen MR) is 85.9 cm³/mol. The number of amides is 2. The molecule has 124 valence electrons. The SMILES string of the molecule is C=C1NC(=O)N[C@H](c2ccc(OCCC)cc2)[C@H]1C(=O)OCC. The fourth-order valence-corrected chi connectivity index (χ4v) is 2.46. The molecule has 0 radical (unpaired) electrons. The van der Waals surface area contributed by atoms with E-state index in [0.29, 0.717) is 12.3 Å². The van der Waals surface area contributed by atoms with Crippen LogP contribution in [0.1, 0.15) is 31.9 Å². The van der Waals surface area contributed by atoms with Gasteiger partial charge in [-0.15, -0.1) is 0 Å². The summed E-state index contributed by atoms with van der Waals surface area (Å²) in [5.74, 6) is -0.334. The summed E-state index contributed by atoms with van der Waals surface area (Å²) in [7, 11) is 0. The molecule has 0 aliphatic carbocycles. The van der Waals surface area contributed by atoms with Crippen LogP contribution in [0.4, 0.5) is 4.79 Å². The summed E-state index contributed by atoms with van der Waals surface area (Å²) in [4.78, 5) is 23.9. The first-order valence-corrected chi connectivity index (χ1v) is 7.72. The molecular formula is C17H22N2O4. The lowest BCUT2D eigenvalue weighted by atomic mass is 9.89. The van der Waals surface area contributed by atoms with E-state index in [1.54, 1.807) is 6.92 Å². The fraction of sp³-hybridized carbons (Fsp3) is 0.412. The zero-order valence-electron chi connectivity index (χ0n) is 13.4. The van der Waals surface area contributed by atoms with Crippen LogP contribution in [0.3, 0.4) is 0 Å². The molecule has 0 aromatic heterocycles. The van der Waals surface area contributed by atoms with Crippen molar-refractivity contribution in [2.45, 2.75) is 26.3 Å². The fourth-order valence-electron chi connectivity index (χ4n) is 2.46. The molecule has 1 aliphatic heterocycles. The summed E-state index contributed by atoms with van der Waals surface area (Å²) in [6.45, 7) is 8.48. The average Bonchev–Trinajstić information content (AvgIpc) is 2.52. The first-order chi connectivity index (χ1) is 11.1. The molecule has 23 heavy (non-hydrogen) atoms. The molecule has 2 amide bonds. The quantitative estimate of drug-likeness (QED) is 0.790. The lowest BCUT2D eigenvalue weighted by Gasteiger charge is -2.33. The molecule has 1 aliphatic rings. The van der Waals surface area contributed by atoms with Gasteiger partial charge in [-0.1, -0.05) is 25.6 Å². The van der Waals surface area contributed by atoms with Gasteiger partial charge < -0.3 is 20.1 Å². The molecule has 0 unspecified atom stereocenters. The van der Waals surface area contributed by atoms with Gasteiger partial charge >= 0.3 is 12.0 Å². The molecule has 0 spiro atoms. The third-order valence-corrected chi connectivity index (χ3v) is 3.52. The summed E-state index contributed by atoms with van der Waals surface area (Å²) in [5, 5.41) is 5.30. The first-order valence-electron chi connectivity index (χ1n) is 7.72. The van der Waals surface area contributed by atoms with E-state index >= 15 is 0 Å². The minimum Gasteiger partial charge on any atom is -0.494 e. The zero-order valence-corrected chi connectivity index (χ0v) is 13.4. The summed E-state index contributed by atoms with van der Waals surface area (Å²) < 4.78 is 10.6. The van der Waals surface area contributed by atoms with Crippen molar-refractivity contribution in [3.05, 3.63) is 42.1 Å². The molecule has 6 heteroatoms. The Kier molecular flexibility index (Phi) is 5.62. The third-order valence-electron chi connectivity index (χ3n) is 3.52. The van der Waals surface area contributed by atoms with Crippen molar-refractivity contribution >= 4 is 12.0 Å². The van der Waals surface area contributed by atoms with E-state index in [-0.39, 0.29) is 12.6 Å². The number of ether oxygens (including phenoxy) is 2. The Hall–Kier alpha value is -2.50. The van der Waals surface area contributed by atoms with E-state index in [9.17, 15) is 9.59 Å². The highest BCUT2D eigenvalue weighted by atomic mass is 16.5. The molecule has 2 rings (SSSR count). The highest BCUT2D eigenvalue weighted by molar-refractivity contribution is 5.85. The highest BCUT2D eigenvalue weighted by Crippen LogP contribution is 2.31. The molecule has 2 N–H and O–H groups in total. The predicted octanol–water partition coefficient (Wildman–Crippen LogP) is 2.52. The van der Waals surface area contributed by atoms with Crippen molar-refractivity contribution in [2.75, 3.05) is 13.2 Å². The standard InChI is InChI=1S/C17H22N2O4/c1-4-10-23-13-8-6-12(7-9-13)15-14(16(20)22-5-2)11(3)18-17(21)19-15/h6-9,14-15H,3-5,10H2,1-2H3,(H2,18,19,21)/t14-,15+/m0/s1. The van der Waals surface area contributed by atoms with Gasteiger partial charge in [0, 0.05) is 5.70 Å². The number of esters is 1. The summed E-state index contributed by atoms with van der Waals surface area (Å²) in [6.07, 6.45) is 0.927. The zero-order chi connectivity index (χ0) is 16.8. The number of hydrogen-bond donors (Lipinski definition) is 2. The number of hydrogen-bond acceptors (Lipinski definition) is 4. The number of rotatable bonds is 6. The van der Waals surface area contributed by atoms with Gasteiger partial charge in [0.05, 0.1) is 19.3 Å². The lowest BCUT2D eigenvalue weighted by molar-refractivity contribution is -0.147. The van der Waals surface area contributed by atoms with E-state index in [4.69, 9.17) is 9.47 Å². The second kappa shape index (κ2) is 7.67. The van der Waals surface area contributed by atoms with Crippen molar-refractivity contribution in [3.63, 3.8) is 0 Å². The molecule has 0 bridgehead atoms. The number of urea groups is 1. The molecular weight excluding hydrogens is 296 g/mol. The molecule has 1 aromatic rings. The smallest absolute Gasteiger partial charge is 0.319 e. The Morgan fingerprint density at radius 1 is 1.26 bits per heavy atom. The van der Waals surface area contributed by atoms with Crippen molar-refractivity contribution in [3.8, 4) is 5.75 Å². The van der Waals surface area contributed by atoms with Crippen molar-refractivity contribution in [1.29, 1.82) is 0 Å². The number of nitrogens with one attached hydrogen (secondary N) is 2. The Balaban J connectivity index is 2.23. The van der Waals surface area contributed by atoms with E-state index in [2.05, 4.69) is 17.2 Å². The molecule has 1 heterocycles. The normalized spacial score (nSPS) is 20.4. The van der Waals surface area contributed by atoms with E-state index in [1.807, 2.05) is 31.2 Å². The molecule has 6 nitrogen and oxygen atoms in total. The third kappa shape index (κ3) is 4.03. The minimum atomic E-state index is -0.671. The van der Waals surface area contributed by atoms with Crippen LogP contribution in [0.2, 0.25) is 0 Å². The van der Waals surface area contributed by atoms with Crippen molar-refractivity contribution in [2.24, 2.45) is 5.92 Å². The van der Waals surface area contributed by atoms with Crippen LogP contribution < -0.4 is 15.4 Å². The summed E-state index contributed by atoms with van der Waals surface area (Å²) >= 11 is 0. The minimum absolute atomic E-state index is 0.271. The van der Waals surface area contributed by atoms with Gasteiger partial charge in [0.15, 0.2) is 0 Å². The maximum absolute atomic E-state index is 12.2. The molecule has 0 saturated carbocycles. The van der Waals surface area contributed by atoms with E-state index < -0.39 is 17.9 Å². The molecule has 1 aromatic carbocycles. The Morgan fingerprint density at radius 3 is 2.57 bits per heavy atom. The van der Waals surface area contributed by atoms with Gasteiger partial charge in [0.25, 0.3) is 0 Å². The van der Waals surface area contributed by atoms with Crippen molar-refractivity contribution < 1.29 is 19.1 Å².